The normalized spacial score (nSPS) is 17.5. The Kier molecular flexibility index (Phi) is 5.25. The summed E-state index contributed by atoms with van der Waals surface area (Å²) >= 11 is 0. The zero-order valence-corrected chi connectivity index (χ0v) is 16.2. The Morgan fingerprint density at radius 3 is 2.70 bits per heavy atom. The Morgan fingerprint density at radius 1 is 1.23 bits per heavy atom. The lowest BCUT2D eigenvalue weighted by Gasteiger charge is -2.33. The van der Waals surface area contributed by atoms with Crippen molar-refractivity contribution >= 4 is 16.7 Å². The van der Waals surface area contributed by atoms with Gasteiger partial charge < -0.3 is 14.7 Å². The van der Waals surface area contributed by atoms with E-state index in [1.54, 1.807) is 36.1 Å². The molecule has 1 aliphatic heterocycles. The molecule has 1 N–H and O–H groups in total. The Bertz CT molecular complexity index is 1140. The standard InChI is InChI=1S/C21H20F3N3O3/c1-13-4-2-3-5-17(13)27-18-10-14(21(22,23)24)6-7-16(18)19(25-20(27)29)26-8-9-30-15(11-26)12-28/h2-7,10,15,28H,8-9,11-12H2,1H3. The number of aliphatic hydroxyl groups excluding tert-OH is 1. The highest BCUT2D eigenvalue weighted by molar-refractivity contribution is 5.91. The van der Waals surface area contributed by atoms with Crippen LogP contribution in [-0.2, 0) is 10.9 Å². The van der Waals surface area contributed by atoms with Gasteiger partial charge in [-0.05, 0) is 36.8 Å². The molecule has 0 aliphatic carbocycles. The lowest BCUT2D eigenvalue weighted by molar-refractivity contribution is -0.137. The van der Waals surface area contributed by atoms with Gasteiger partial charge in [-0.15, -0.1) is 0 Å². The molecule has 3 aromatic rings. The molecular formula is C21H20F3N3O3. The van der Waals surface area contributed by atoms with Crippen LogP contribution >= 0.6 is 0 Å². The first-order valence-electron chi connectivity index (χ1n) is 9.47. The molecule has 158 valence electrons. The number of morpholine rings is 1. The smallest absolute Gasteiger partial charge is 0.394 e. The zero-order chi connectivity index (χ0) is 21.5. The molecule has 6 nitrogen and oxygen atoms in total. The van der Waals surface area contributed by atoms with Crippen LogP contribution in [0.1, 0.15) is 11.1 Å². The molecule has 0 bridgehead atoms. The van der Waals surface area contributed by atoms with Crippen LogP contribution in [0, 0.1) is 6.92 Å². The number of aliphatic hydroxyl groups is 1. The molecule has 9 heteroatoms. The molecule has 1 unspecified atom stereocenters. The van der Waals surface area contributed by atoms with Crippen molar-refractivity contribution < 1.29 is 23.0 Å². The Labute approximate surface area is 170 Å². The minimum absolute atomic E-state index is 0.126. The number of halogens is 3. The van der Waals surface area contributed by atoms with E-state index in [1.165, 1.54) is 10.6 Å². The van der Waals surface area contributed by atoms with E-state index in [0.29, 0.717) is 24.2 Å². The second-order valence-corrected chi connectivity index (χ2v) is 7.19. The van der Waals surface area contributed by atoms with Gasteiger partial charge in [0.15, 0.2) is 0 Å². The number of aromatic nitrogens is 2. The van der Waals surface area contributed by atoms with E-state index in [-0.39, 0.29) is 24.5 Å². The van der Waals surface area contributed by atoms with Gasteiger partial charge in [-0.2, -0.15) is 18.2 Å². The Morgan fingerprint density at radius 2 is 2.00 bits per heavy atom. The molecule has 1 atom stereocenters. The fourth-order valence-corrected chi connectivity index (χ4v) is 3.70. The average Bonchev–Trinajstić information content (AvgIpc) is 2.73. The van der Waals surface area contributed by atoms with E-state index in [0.717, 1.165) is 17.7 Å². The monoisotopic (exact) mass is 419 g/mol. The maximum Gasteiger partial charge on any atom is 0.416 e. The van der Waals surface area contributed by atoms with Crippen LogP contribution in [0.3, 0.4) is 0 Å². The highest BCUT2D eigenvalue weighted by Crippen LogP contribution is 2.34. The molecule has 1 saturated heterocycles. The first-order chi connectivity index (χ1) is 14.3. The maximum atomic E-state index is 13.4. The van der Waals surface area contributed by atoms with Gasteiger partial charge in [-0.25, -0.2) is 4.79 Å². The maximum absolute atomic E-state index is 13.4. The summed E-state index contributed by atoms with van der Waals surface area (Å²) < 4.78 is 46.9. The van der Waals surface area contributed by atoms with Crippen LogP contribution in [0.15, 0.2) is 47.3 Å². The molecule has 0 saturated carbocycles. The number of ether oxygens (including phenoxy) is 1. The average molecular weight is 419 g/mol. The second kappa shape index (κ2) is 7.73. The van der Waals surface area contributed by atoms with Crippen molar-refractivity contribution in [2.45, 2.75) is 19.2 Å². The molecule has 1 aromatic heterocycles. The van der Waals surface area contributed by atoms with Crippen molar-refractivity contribution in [1.82, 2.24) is 9.55 Å². The topological polar surface area (TPSA) is 67.6 Å². The highest BCUT2D eigenvalue weighted by Gasteiger charge is 2.32. The number of aryl methyl sites for hydroxylation is 1. The molecule has 2 aromatic carbocycles. The Balaban J connectivity index is 2.00. The van der Waals surface area contributed by atoms with E-state index in [9.17, 15) is 23.1 Å². The molecule has 1 fully saturated rings. The predicted octanol–water partition coefficient (Wildman–Crippen LogP) is 2.91. The second-order valence-electron chi connectivity index (χ2n) is 7.19. The molecule has 0 spiro atoms. The minimum Gasteiger partial charge on any atom is -0.394 e. The van der Waals surface area contributed by atoms with Crippen molar-refractivity contribution in [3.8, 4) is 5.69 Å². The quantitative estimate of drug-likeness (QED) is 0.707. The van der Waals surface area contributed by atoms with Crippen molar-refractivity contribution in [2.75, 3.05) is 31.2 Å². The van der Waals surface area contributed by atoms with Gasteiger partial charge >= 0.3 is 11.9 Å². The summed E-state index contributed by atoms with van der Waals surface area (Å²) in [5.74, 6) is 0.287. The van der Waals surface area contributed by atoms with Gasteiger partial charge in [0.1, 0.15) is 5.82 Å². The number of alkyl halides is 3. The lowest BCUT2D eigenvalue weighted by atomic mass is 10.1. The molecule has 0 amide bonds. The van der Waals surface area contributed by atoms with Crippen LogP contribution in [0.2, 0.25) is 0 Å². The fourth-order valence-electron chi connectivity index (χ4n) is 3.70. The third-order valence-electron chi connectivity index (χ3n) is 5.20. The lowest BCUT2D eigenvalue weighted by Crippen LogP contribution is -2.45. The van der Waals surface area contributed by atoms with Gasteiger partial charge in [-0.1, -0.05) is 18.2 Å². The summed E-state index contributed by atoms with van der Waals surface area (Å²) in [6.07, 6.45) is -5.01. The van der Waals surface area contributed by atoms with Gasteiger partial charge in [0, 0.05) is 18.5 Å². The first kappa shape index (κ1) is 20.4. The van der Waals surface area contributed by atoms with Crippen LogP contribution in [-0.4, -0.2) is 47.1 Å². The third kappa shape index (κ3) is 3.66. The van der Waals surface area contributed by atoms with Crippen molar-refractivity contribution in [2.24, 2.45) is 0 Å². The molecule has 0 radical (unpaired) electrons. The SMILES string of the molecule is Cc1ccccc1-n1c(=O)nc(N2CCOC(CO)C2)c2ccc(C(F)(F)F)cc21. The largest absolute Gasteiger partial charge is 0.416 e. The third-order valence-corrected chi connectivity index (χ3v) is 5.20. The predicted molar refractivity (Wildman–Crippen MR) is 106 cm³/mol. The first-order valence-corrected chi connectivity index (χ1v) is 9.47. The molecular weight excluding hydrogens is 399 g/mol. The number of hydrogen-bond acceptors (Lipinski definition) is 5. The number of anilines is 1. The van der Waals surface area contributed by atoms with E-state index in [2.05, 4.69) is 4.98 Å². The summed E-state index contributed by atoms with van der Waals surface area (Å²) in [4.78, 5) is 19.0. The Hall–Kier alpha value is -2.91. The van der Waals surface area contributed by atoms with Crippen molar-refractivity contribution in [3.63, 3.8) is 0 Å². The summed E-state index contributed by atoms with van der Waals surface area (Å²) in [5.41, 5.74) is -0.177. The van der Waals surface area contributed by atoms with E-state index in [1.807, 2.05) is 0 Å². The summed E-state index contributed by atoms with van der Waals surface area (Å²) in [6, 6.07) is 10.3. The van der Waals surface area contributed by atoms with Crippen LogP contribution in [0.25, 0.3) is 16.6 Å². The highest BCUT2D eigenvalue weighted by atomic mass is 19.4. The van der Waals surface area contributed by atoms with E-state index in [4.69, 9.17) is 4.74 Å². The van der Waals surface area contributed by atoms with E-state index >= 15 is 0 Å². The molecule has 30 heavy (non-hydrogen) atoms. The van der Waals surface area contributed by atoms with E-state index < -0.39 is 23.5 Å². The van der Waals surface area contributed by atoms with Gasteiger partial charge in [0.25, 0.3) is 0 Å². The molecule has 4 rings (SSSR count). The summed E-state index contributed by atoms with van der Waals surface area (Å²) in [7, 11) is 0. The number of nitrogens with zero attached hydrogens (tertiary/aromatic N) is 3. The molecule has 1 aliphatic rings. The summed E-state index contributed by atoms with van der Waals surface area (Å²) in [6.45, 7) is 2.59. The van der Waals surface area contributed by atoms with Crippen LogP contribution in [0.5, 0.6) is 0 Å². The number of hydrogen-bond donors (Lipinski definition) is 1. The molecule has 2 heterocycles. The van der Waals surface area contributed by atoms with Crippen LogP contribution < -0.4 is 10.6 Å². The van der Waals surface area contributed by atoms with Gasteiger partial charge in [0.05, 0.1) is 36.1 Å². The summed E-state index contributed by atoms with van der Waals surface area (Å²) in [5, 5.41) is 9.83. The number of fused-ring (bicyclic) bond motifs is 1. The van der Waals surface area contributed by atoms with Crippen molar-refractivity contribution in [3.05, 3.63) is 64.1 Å². The van der Waals surface area contributed by atoms with Crippen molar-refractivity contribution in [1.29, 1.82) is 0 Å². The number of para-hydroxylation sites is 1. The zero-order valence-electron chi connectivity index (χ0n) is 16.2. The minimum atomic E-state index is -4.55. The van der Waals surface area contributed by atoms with Gasteiger partial charge in [-0.3, -0.25) is 4.57 Å². The number of benzene rings is 2. The van der Waals surface area contributed by atoms with Gasteiger partial charge in [0.2, 0.25) is 0 Å². The fraction of sp³-hybridized carbons (Fsp3) is 0.333. The van der Waals surface area contributed by atoms with Crippen LogP contribution in [0.4, 0.5) is 19.0 Å². The number of rotatable bonds is 3.